The molecule has 0 saturated carbocycles. The number of fused-ring (bicyclic) bond motifs is 5. The van der Waals surface area contributed by atoms with E-state index in [1.807, 2.05) is 0 Å². The minimum atomic E-state index is -0.334. The molecule has 3 heteroatoms. The summed E-state index contributed by atoms with van der Waals surface area (Å²) in [6.07, 6.45) is 22.5. The van der Waals surface area contributed by atoms with Crippen LogP contribution in [0.4, 0.5) is 0 Å². The Balaban J connectivity index is 1.41. The zero-order chi connectivity index (χ0) is 32.0. The maximum Gasteiger partial charge on any atom is 0.465 e. The minimum Gasteiger partial charge on any atom is -0.403 e. The normalized spacial score (nSPS) is 31.7. The van der Waals surface area contributed by atoms with Gasteiger partial charge in [-0.3, -0.25) is 0 Å². The second-order valence-corrected chi connectivity index (χ2v) is 16.3. The Labute approximate surface area is 273 Å². The number of benzene rings is 1. The molecule has 45 heavy (non-hydrogen) atoms. The van der Waals surface area contributed by atoms with Crippen LogP contribution in [0.5, 0.6) is 0 Å². The molecule has 7 rings (SSSR count). The molecule has 5 aliphatic carbocycles. The molecule has 0 bridgehead atoms. The second-order valence-electron chi connectivity index (χ2n) is 16.3. The third kappa shape index (κ3) is 5.08. The molecule has 0 spiro atoms. The fourth-order valence-corrected chi connectivity index (χ4v) is 9.72. The van der Waals surface area contributed by atoms with Gasteiger partial charge in [0.15, 0.2) is 0 Å². The Kier molecular flexibility index (Phi) is 7.57. The van der Waals surface area contributed by atoms with Gasteiger partial charge in [0.05, 0.1) is 11.2 Å². The van der Waals surface area contributed by atoms with E-state index in [0.717, 1.165) is 25.7 Å². The van der Waals surface area contributed by atoms with Gasteiger partial charge in [0.1, 0.15) is 0 Å². The van der Waals surface area contributed by atoms with Crippen LogP contribution in [0.1, 0.15) is 116 Å². The van der Waals surface area contributed by atoms with Crippen molar-refractivity contribution in [3.63, 3.8) is 0 Å². The van der Waals surface area contributed by atoms with Gasteiger partial charge in [0.2, 0.25) is 0 Å². The van der Waals surface area contributed by atoms with E-state index in [-0.39, 0.29) is 24.1 Å². The number of hydrogen-bond donors (Lipinski definition) is 0. The van der Waals surface area contributed by atoms with E-state index >= 15 is 0 Å². The van der Waals surface area contributed by atoms with Crippen LogP contribution in [-0.2, 0) is 22.2 Å². The molecule has 1 heterocycles. The van der Waals surface area contributed by atoms with Gasteiger partial charge in [-0.05, 0) is 167 Å². The molecule has 0 amide bonds. The zero-order valence-electron chi connectivity index (χ0n) is 29.4. The quantitative estimate of drug-likeness (QED) is 0.321. The summed E-state index contributed by atoms with van der Waals surface area (Å²) in [6, 6.07) is 2.60. The standard InChI is InChI=1S/C42H53BO2/c1-24-17-26(3)39(27(4)18-24)37-23-36-34-21-30(43-44-41(7,8)42(9,10)45-43)15-16-33(34)38(40-28(5)19-25(2)20-29(40)6)22-35(36)31-13-11-12-14-32(31)37/h11-13,15-17,19,22,24-25,30,32,37H,14,18,20-21,23H2,1-10H3. The van der Waals surface area contributed by atoms with E-state index in [2.05, 4.69) is 118 Å². The summed E-state index contributed by atoms with van der Waals surface area (Å²) >= 11 is 0. The molecule has 1 aromatic rings. The first-order valence-corrected chi connectivity index (χ1v) is 17.6. The Bertz CT molecular complexity index is 1650. The maximum absolute atomic E-state index is 6.67. The summed E-state index contributed by atoms with van der Waals surface area (Å²) in [7, 11) is -0.240. The van der Waals surface area contributed by atoms with Crippen molar-refractivity contribution in [3.05, 3.63) is 98.2 Å². The van der Waals surface area contributed by atoms with Crippen LogP contribution in [0.15, 0.2) is 70.4 Å². The first-order valence-electron chi connectivity index (χ1n) is 17.6. The molecule has 1 aromatic carbocycles. The van der Waals surface area contributed by atoms with Crippen LogP contribution in [0.3, 0.4) is 0 Å². The van der Waals surface area contributed by atoms with E-state index in [9.17, 15) is 0 Å². The lowest BCUT2D eigenvalue weighted by molar-refractivity contribution is 0.00578. The Hall–Kier alpha value is -2.62. The van der Waals surface area contributed by atoms with E-state index in [1.54, 1.807) is 22.3 Å². The van der Waals surface area contributed by atoms with Crippen molar-refractivity contribution in [3.8, 4) is 0 Å². The van der Waals surface area contributed by atoms with Crippen molar-refractivity contribution in [2.24, 2.45) is 23.7 Å². The van der Waals surface area contributed by atoms with E-state index in [0.29, 0.717) is 23.7 Å². The minimum absolute atomic E-state index is 0.186. The first-order chi connectivity index (χ1) is 21.3. The van der Waals surface area contributed by atoms with Gasteiger partial charge >= 0.3 is 7.12 Å². The Morgan fingerprint density at radius 3 is 2.09 bits per heavy atom. The molecule has 236 valence electrons. The summed E-state index contributed by atoms with van der Waals surface area (Å²) in [5.41, 5.74) is 17.5. The van der Waals surface area contributed by atoms with Gasteiger partial charge in [0, 0.05) is 5.82 Å². The SMILES string of the molecule is CC1=CC(C)CC(C)=C1c1cc2c(c3c1C=CC(B1OC(C)(C)C(C)(C)O1)C3)CC(C1=C(C)CC(C)C=C1C)C1CC=CC=C21. The van der Waals surface area contributed by atoms with Gasteiger partial charge < -0.3 is 9.31 Å². The Morgan fingerprint density at radius 2 is 1.42 bits per heavy atom. The van der Waals surface area contributed by atoms with Crippen LogP contribution in [-0.4, -0.2) is 18.3 Å². The lowest BCUT2D eigenvalue weighted by Gasteiger charge is -2.42. The highest BCUT2D eigenvalue weighted by molar-refractivity contribution is 6.48. The highest BCUT2D eigenvalue weighted by Gasteiger charge is 2.54. The molecule has 6 aliphatic rings. The predicted octanol–water partition coefficient (Wildman–Crippen LogP) is 10.9. The topological polar surface area (TPSA) is 18.5 Å². The van der Waals surface area contributed by atoms with Crippen LogP contribution in [0.25, 0.3) is 17.2 Å². The molecule has 5 atom stereocenters. The van der Waals surface area contributed by atoms with Crippen molar-refractivity contribution >= 4 is 24.3 Å². The van der Waals surface area contributed by atoms with Crippen LogP contribution >= 0.6 is 0 Å². The van der Waals surface area contributed by atoms with Gasteiger partial charge in [-0.15, -0.1) is 0 Å². The van der Waals surface area contributed by atoms with Crippen molar-refractivity contribution < 1.29 is 9.31 Å². The highest BCUT2D eigenvalue weighted by atomic mass is 16.7. The van der Waals surface area contributed by atoms with E-state index < -0.39 is 0 Å². The van der Waals surface area contributed by atoms with E-state index in [1.165, 1.54) is 51.0 Å². The molecule has 0 N–H and O–H groups in total. The lowest BCUT2D eigenvalue weighted by atomic mass is 9.60. The van der Waals surface area contributed by atoms with Gasteiger partial charge in [0.25, 0.3) is 0 Å². The number of hydrogen-bond acceptors (Lipinski definition) is 2. The smallest absolute Gasteiger partial charge is 0.403 e. The van der Waals surface area contributed by atoms with Crippen LogP contribution in [0, 0.1) is 23.7 Å². The lowest BCUT2D eigenvalue weighted by Crippen LogP contribution is -2.41. The summed E-state index contributed by atoms with van der Waals surface area (Å²) in [5.74, 6) is 2.43. The maximum atomic E-state index is 6.67. The third-order valence-corrected chi connectivity index (χ3v) is 12.3. The molecular formula is C42H53BO2. The predicted molar refractivity (Wildman–Crippen MR) is 192 cm³/mol. The molecule has 2 nitrogen and oxygen atoms in total. The zero-order valence-corrected chi connectivity index (χ0v) is 29.4. The van der Waals surface area contributed by atoms with E-state index in [4.69, 9.17) is 9.31 Å². The first kappa shape index (κ1) is 31.0. The number of allylic oxidation sites excluding steroid dienone is 13. The largest absolute Gasteiger partial charge is 0.465 e. The molecule has 0 aromatic heterocycles. The average Bonchev–Trinajstić information content (AvgIpc) is 3.18. The Morgan fingerprint density at radius 1 is 0.756 bits per heavy atom. The number of rotatable bonds is 3. The molecule has 5 unspecified atom stereocenters. The van der Waals surface area contributed by atoms with Crippen molar-refractivity contribution in [1.29, 1.82) is 0 Å². The second kappa shape index (κ2) is 11.0. The van der Waals surface area contributed by atoms with Crippen LogP contribution in [0.2, 0.25) is 5.82 Å². The highest BCUT2D eigenvalue weighted by Crippen LogP contribution is 2.53. The molecule has 0 radical (unpaired) electrons. The van der Waals surface area contributed by atoms with Gasteiger partial charge in [-0.2, -0.15) is 0 Å². The van der Waals surface area contributed by atoms with Gasteiger partial charge in [-0.25, -0.2) is 0 Å². The fraction of sp³-hybridized carbons (Fsp3) is 0.524. The van der Waals surface area contributed by atoms with Gasteiger partial charge in [-0.1, -0.05) is 73.1 Å². The summed E-state index contributed by atoms with van der Waals surface area (Å²) in [6.45, 7) is 22.9. The average molecular weight is 601 g/mol. The molecule has 1 fully saturated rings. The molecule has 1 saturated heterocycles. The summed E-state index contributed by atoms with van der Waals surface area (Å²) < 4.78 is 13.3. The summed E-state index contributed by atoms with van der Waals surface area (Å²) in [4.78, 5) is 0. The summed E-state index contributed by atoms with van der Waals surface area (Å²) in [5, 5.41) is 0. The van der Waals surface area contributed by atoms with Crippen LogP contribution < -0.4 is 0 Å². The monoisotopic (exact) mass is 600 g/mol. The molecule has 1 aliphatic heterocycles. The molecular weight excluding hydrogens is 547 g/mol. The van der Waals surface area contributed by atoms with Crippen molar-refractivity contribution in [1.82, 2.24) is 0 Å². The fourth-order valence-electron chi connectivity index (χ4n) is 9.72. The third-order valence-electron chi connectivity index (χ3n) is 12.3. The van der Waals surface area contributed by atoms with Crippen molar-refractivity contribution in [2.45, 2.75) is 118 Å². The van der Waals surface area contributed by atoms with Crippen molar-refractivity contribution in [2.75, 3.05) is 0 Å².